The summed E-state index contributed by atoms with van der Waals surface area (Å²) in [5.41, 5.74) is 4.57. The molecule has 0 aliphatic carbocycles. The Kier molecular flexibility index (Phi) is 13.7. The van der Waals surface area contributed by atoms with Crippen LogP contribution in [0.4, 0.5) is 0 Å². The van der Waals surface area contributed by atoms with Crippen molar-refractivity contribution in [2.75, 3.05) is 19.6 Å². The van der Waals surface area contributed by atoms with Gasteiger partial charge in [0.2, 0.25) is 0 Å². The monoisotopic (exact) mass is 236 g/mol. The molecule has 16 heavy (non-hydrogen) atoms. The number of aliphatic carboxylic acids is 1. The summed E-state index contributed by atoms with van der Waals surface area (Å²) in [5, 5.41) is 28.8. The van der Waals surface area contributed by atoms with Gasteiger partial charge in [-0.3, -0.25) is 4.79 Å². The van der Waals surface area contributed by atoms with Crippen molar-refractivity contribution in [1.82, 2.24) is 5.32 Å². The lowest BCUT2D eigenvalue weighted by molar-refractivity contribution is -0.135. The maximum absolute atomic E-state index is 9.24. The lowest BCUT2D eigenvalue weighted by Gasteiger charge is -2.11. The molecule has 0 amide bonds. The molecule has 0 aliphatic heterocycles. The summed E-state index contributed by atoms with van der Waals surface area (Å²) in [6.45, 7) is 4.74. The van der Waals surface area contributed by atoms with E-state index in [1.165, 1.54) is 0 Å². The summed E-state index contributed by atoms with van der Waals surface area (Å²) in [5.74, 6) is -0.968. The molecule has 0 aromatic carbocycles. The number of aliphatic hydroxyl groups is 2. The number of nitrogens with two attached hydrogens (primary N) is 1. The second-order valence-corrected chi connectivity index (χ2v) is 3.38. The Morgan fingerprint density at radius 3 is 1.69 bits per heavy atom. The molecule has 0 fully saturated rings. The Labute approximate surface area is 96.5 Å². The molecule has 0 aromatic rings. The number of carboxylic acid groups (broad SMARTS) is 1. The van der Waals surface area contributed by atoms with Crippen LogP contribution in [0, 0.1) is 0 Å². The van der Waals surface area contributed by atoms with E-state index in [1.807, 2.05) is 13.8 Å². The average Bonchev–Trinajstić information content (AvgIpc) is 2.29. The summed E-state index contributed by atoms with van der Waals surface area (Å²) < 4.78 is 0. The quantitative estimate of drug-likeness (QED) is 0.393. The lowest BCUT2D eigenvalue weighted by Crippen LogP contribution is -2.32. The number of aliphatic hydroxyl groups excluding tert-OH is 2. The van der Waals surface area contributed by atoms with Crippen LogP contribution in [0.3, 0.4) is 0 Å². The second kappa shape index (κ2) is 12.4. The van der Waals surface area contributed by atoms with Gasteiger partial charge in [-0.1, -0.05) is 13.8 Å². The average molecular weight is 236 g/mol. The number of rotatable bonds is 7. The first-order valence-corrected chi connectivity index (χ1v) is 5.46. The van der Waals surface area contributed by atoms with Crippen LogP contribution < -0.4 is 11.1 Å². The van der Waals surface area contributed by atoms with Gasteiger partial charge in [0.1, 0.15) is 0 Å². The molecule has 2 unspecified atom stereocenters. The Morgan fingerprint density at radius 1 is 1.19 bits per heavy atom. The first kappa shape index (κ1) is 17.7. The summed E-state index contributed by atoms with van der Waals surface area (Å²) >= 11 is 0. The minimum absolute atomic E-state index is 0.278. The van der Waals surface area contributed by atoms with Gasteiger partial charge in [0.25, 0.3) is 0 Å². The molecule has 0 rings (SSSR count). The zero-order chi connectivity index (χ0) is 13.0. The molecule has 0 bridgehead atoms. The Morgan fingerprint density at radius 2 is 1.50 bits per heavy atom. The van der Waals surface area contributed by atoms with Gasteiger partial charge in [0.15, 0.2) is 0 Å². The number of hydrogen-bond acceptors (Lipinski definition) is 5. The summed E-state index contributed by atoms with van der Waals surface area (Å²) in [6, 6.07) is 0. The molecule has 0 heterocycles. The highest BCUT2D eigenvalue weighted by Gasteiger charge is 2.02. The smallest absolute Gasteiger partial charge is 0.317 e. The van der Waals surface area contributed by atoms with Crippen molar-refractivity contribution in [3.05, 3.63) is 0 Å². The largest absolute Gasteiger partial charge is 0.480 e. The van der Waals surface area contributed by atoms with Crippen LogP contribution in [0.25, 0.3) is 0 Å². The summed E-state index contributed by atoms with van der Waals surface area (Å²) in [7, 11) is 0. The third kappa shape index (κ3) is 15.8. The van der Waals surface area contributed by atoms with Crippen molar-refractivity contribution in [3.8, 4) is 0 Å². The maximum atomic E-state index is 9.24. The molecule has 2 atom stereocenters. The van der Waals surface area contributed by atoms with Crippen molar-refractivity contribution in [2.45, 2.75) is 38.9 Å². The highest BCUT2D eigenvalue weighted by atomic mass is 16.4. The van der Waals surface area contributed by atoms with Crippen LogP contribution in [-0.4, -0.2) is 53.1 Å². The fourth-order valence-corrected chi connectivity index (χ4v) is 0.705. The molecule has 0 aromatic heterocycles. The first-order chi connectivity index (χ1) is 7.47. The molecular formula is C10H24N2O4. The third-order valence-corrected chi connectivity index (χ3v) is 1.88. The van der Waals surface area contributed by atoms with Crippen LogP contribution in [0.1, 0.15) is 26.7 Å². The summed E-state index contributed by atoms with van der Waals surface area (Å²) in [4.78, 5) is 9.24. The fourth-order valence-electron chi connectivity index (χ4n) is 0.705. The van der Waals surface area contributed by atoms with Gasteiger partial charge >= 0.3 is 5.97 Å². The maximum Gasteiger partial charge on any atom is 0.317 e. The molecule has 6 nitrogen and oxygen atoms in total. The number of carbonyl (C=O) groups is 1. The fraction of sp³-hybridized carbons (Fsp3) is 0.900. The van der Waals surface area contributed by atoms with Gasteiger partial charge in [-0.15, -0.1) is 0 Å². The minimum Gasteiger partial charge on any atom is -0.480 e. The Hall–Kier alpha value is -0.690. The van der Waals surface area contributed by atoms with Crippen LogP contribution in [0.15, 0.2) is 0 Å². The van der Waals surface area contributed by atoms with E-state index in [-0.39, 0.29) is 18.8 Å². The zero-order valence-electron chi connectivity index (χ0n) is 10.0. The van der Waals surface area contributed by atoms with Crippen LogP contribution in [0.2, 0.25) is 0 Å². The number of nitrogens with one attached hydrogen (secondary N) is 1. The van der Waals surface area contributed by atoms with Crippen LogP contribution in [0.5, 0.6) is 0 Å². The highest BCUT2D eigenvalue weighted by molar-refractivity contribution is 5.68. The standard InChI is InChI=1S/C8H19NO2.C2H5NO2/c1-3-7(10)5-9-6-8(11)4-2;3-1-2(4)5/h7-11H,3-6H2,1-2H3;1,3H2,(H,4,5). The molecule has 0 saturated heterocycles. The van der Waals surface area contributed by atoms with Crippen LogP contribution in [-0.2, 0) is 4.79 Å². The SMILES string of the molecule is CCC(O)CNCC(O)CC.NCC(=O)O. The van der Waals surface area contributed by atoms with Gasteiger partial charge in [-0.2, -0.15) is 0 Å². The Bertz CT molecular complexity index is 157. The molecule has 0 saturated carbocycles. The van der Waals surface area contributed by atoms with Crippen molar-refractivity contribution in [3.63, 3.8) is 0 Å². The number of hydrogen-bond donors (Lipinski definition) is 5. The molecular weight excluding hydrogens is 212 g/mol. The van der Waals surface area contributed by atoms with E-state index in [0.717, 1.165) is 12.8 Å². The van der Waals surface area contributed by atoms with Crippen molar-refractivity contribution >= 4 is 5.97 Å². The number of carboxylic acids is 1. The zero-order valence-corrected chi connectivity index (χ0v) is 10.0. The van der Waals surface area contributed by atoms with E-state index in [4.69, 9.17) is 15.3 Å². The first-order valence-electron chi connectivity index (χ1n) is 5.46. The van der Waals surface area contributed by atoms with E-state index < -0.39 is 5.97 Å². The third-order valence-electron chi connectivity index (χ3n) is 1.88. The molecule has 0 aliphatic rings. The van der Waals surface area contributed by atoms with Crippen LogP contribution >= 0.6 is 0 Å². The second-order valence-electron chi connectivity index (χ2n) is 3.38. The van der Waals surface area contributed by atoms with Gasteiger partial charge < -0.3 is 26.4 Å². The lowest BCUT2D eigenvalue weighted by atomic mass is 10.2. The molecule has 0 radical (unpaired) electrons. The van der Waals surface area contributed by atoms with E-state index >= 15 is 0 Å². The van der Waals surface area contributed by atoms with Crippen molar-refractivity contribution in [1.29, 1.82) is 0 Å². The Balaban J connectivity index is 0. The van der Waals surface area contributed by atoms with Gasteiger partial charge in [0.05, 0.1) is 18.8 Å². The highest BCUT2D eigenvalue weighted by Crippen LogP contribution is 1.89. The van der Waals surface area contributed by atoms with Crippen molar-refractivity contribution < 1.29 is 20.1 Å². The topological polar surface area (TPSA) is 116 Å². The molecule has 98 valence electrons. The molecule has 0 spiro atoms. The molecule has 6 heteroatoms. The predicted molar refractivity (Wildman–Crippen MR) is 62.2 cm³/mol. The minimum atomic E-state index is -0.968. The van der Waals surface area contributed by atoms with Gasteiger partial charge in [-0.25, -0.2) is 0 Å². The van der Waals surface area contributed by atoms with E-state index in [0.29, 0.717) is 13.1 Å². The van der Waals surface area contributed by atoms with Gasteiger partial charge in [-0.05, 0) is 12.8 Å². The molecule has 6 N–H and O–H groups in total. The van der Waals surface area contributed by atoms with E-state index in [2.05, 4.69) is 11.1 Å². The predicted octanol–water partition coefficient (Wildman–Crippen LogP) is -0.852. The van der Waals surface area contributed by atoms with Crippen molar-refractivity contribution in [2.24, 2.45) is 5.73 Å². The van der Waals surface area contributed by atoms with Gasteiger partial charge in [0, 0.05) is 13.1 Å². The normalized spacial score (nSPS) is 13.6. The summed E-state index contributed by atoms with van der Waals surface area (Å²) in [6.07, 6.45) is 0.961. The van der Waals surface area contributed by atoms with E-state index in [9.17, 15) is 4.79 Å². The van der Waals surface area contributed by atoms with E-state index in [1.54, 1.807) is 0 Å².